The van der Waals surface area contributed by atoms with Gasteiger partial charge < -0.3 is 20.1 Å². The van der Waals surface area contributed by atoms with Crippen molar-refractivity contribution in [3.05, 3.63) is 30.0 Å². The number of hydrogen-bond acceptors (Lipinski definition) is 5. The number of anilines is 2. The summed E-state index contributed by atoms with van der Waals surface area (Å²) in [4.78, 5) is 6.51. The van der Waals surface area contributed by atoms with Crippen LogP contribution in [0.5, 0.6) is 0 Å². The van der Waals surface area contributed by atoms with Gasteiger partial charge in [0.15, 0.2) is 0 Å². The second-order valence-corrected chi connectivity index (χ2v) is 5.11. The maximum absolute atomic E-state index is 9.12. The molecule has 5 nitrogen and oxygen atoms in total. The molecule has 1 aromatic carbocycles. The van der Waals surface area contributed by atoms with Crippen molar-refractivity contribution in [1.29, 1.82) is 0 Å². The minimum atomic E-state index is 0.110. The number of ether oxygens (including phenoxy) is 1. The lowest BCUT2D eigenvalue weighted by Crippen LogP contribution is -2.22. The highest BCUT2D eigenvalue weighted by Gasteiger charge is 2.11. The van der Waals surface area contributed by atoms with E-state index in [9.17, 15) is 0 Å². The van der Waals surface area contributed by atoms with E-state index in [2.05, 4.69) is 35.4 Å². The lowest BCUT2D eigenvalue weighted by Gasteiger charge is -2.20. The van der Waals surface area contributed by atoms with Gasteiger partial charge in [0.2, 0.25) is 0 Å². The molecule has 1 aromatic heterocycles. The molecule has 2 rings (SSSR count). The molecule has 0 aliphatic carbocycles. The molecule has 0 amide bonds. The molecule has 0 spiro atoms. The highest BCUT2D eigenvalue weighted by molar-refractivity contribution is 6.00. The molecule has 0 fully saturated rings. The zero-order valence-electron chi connectivity index (χ0n) is 12.9. The fourth-order valence-electron chi connectivity index (χ4n) is 2.33. The molecule has 2 N–H and O–H groups in total. The molecule has 0 aliphatic heterocycles. The Morgan fingerprint density at radius 3 is 2.86 bits per heavy atom. The van der Waals surface area contributed by atoms with Crippen LogP contribution in [0.2, 0.25) is 0 Å². The van der Waals surface area contributed by atoms with Gasteiger partial charge in [-0.05, 0) is 13.0 Å². The third-order valence-electron chi connectivity index (χ3n) is 3.44. The van der Waals surface area contributed by atoms with Gasteiger partial charge in [-0.15, -0.1) is 0 Å². The number of rotatable bonds is 7. The van der Waals surface area contributed by atoms with Gasteiger partial charge in [0.05, 0.1) is 25.1 Å². The van der Waals surface area contributed by atoms with Gasteiger partial charge in [-0.3, -0.25) is 0 Å². The molecular weight excluding hydrogens is 266 g/mol. The Labute approximate surface area is 125 Å². The molecule has 0 atom stereocenters. The van der Waals surface area contributed by atoms with Gasteiger partial charge in [0.25, 0.3) is 0 Å². The molecule has 1 heterocycles. The minimum absolute atomic E-state index is 0.110. The van der Waals surface area contributed by atoms with E-state index in [-0.39, 0.29) is 6.61 Å². The van der Waals surface area contributed by atoms with E-state index in [4.69, 9.17) is 9.84 Å². The molecule has 114 valence electrons. The predicted molar refractivity (Wildman–Crippen MR) is 87.2 cm³/mol. The summed E-state index contributed by atoms with van der Waals surface area (Å²) in [6, 6.07) is 6.32. The van der Waals surface area contributed by atoms with Gasteiger partial charge in [-0.1, -0.05) is 17.7 Å². The van der Waals surface area contributed by atoms with Crippen molar-refractivity contribution in [2.24, 2.45) is 0 Å². The number of aliphatic hydroxyl groups is 1. The van der Waals surface area contributed by atoms with E-state index in [1.54, 1.807) is 7.11 Å². The van der Waals surface area contributed by atoms with Crippen LogP contribution in [-0.4, -0.2) is 50.6 Å². The number of aliphatic hydroxyl groups excluding tert-OH is 1. The lowest BCUT2D eigenvalue weighted by atomic mass is 10.1. The van der Waals surface area contributed by atoms with E-state index in [1.165, 1.54) is 5.56 Å². The summed E-state index contributed by atoms with van der Waals surface area (Å²) in [5.74, 6) is 0.886. The van der Waals surface area contributed by atoms with Crippen LogP contribution in [0.3, 0.4) is 0 Å². The van der Waals surface area contributed by atoms with E-state index in [1.807, 2.05) is 18.1 Å². The Morgan fingerprint density at radius 1 is 1.33 bits per heavy atom. The molecule has 5 heteroatoms. The number of nitrogens with one attached hydrogen (secondary N) is 1. The average Bonchev–Trinajstić information content (AvgIpc) is 2.47. The van der Waals surface area contributed by atoms with Crippen molar-refractivity contribution in [2.75, 3.05) is 50.7 Å². The summed E-state index contributed by atoms with van der Waals surface area (Å²) in [5, 5.41) is 14.7. The normalized spacial score (nSPS) is 10.9. The Kier molecular flexibility index (Phi) is 5.36. The van der Waals surface area contributed by atoms with Crippen LogP contribution >= 0.6 is 0 Å². The zero-order chi connectivity index (χ0) is 15.2. The number of pyridine rings is 1. The van der Waals surface area contributed by atoms with Crippen LogP contribution in [0.15, 0.2) is 24.4 Å². The van der Waals surface area contributed by atoms with Crippen LogP contribution < -0.4 is 10.2 Å². The molecule has 21 heavy (non-hydrogen) atoms. The largest absolute Gasteiger partial charge is 0.395 e. The minimum Gasteiger partial charge on any atom is -0.395 e. The number of aryl methyl sites for hydroxylation is 1. The number of hydrogen-bond donors (Lipinski definition) is 2. The Balaban J connectivity index is 2.43. The zero-order valence-corrected chi connectivity index (χ0v) is 12.9. The summed E-state index contributed by atoms with van der Waals surface area (Å²) < 4.78 is 5.07. The van der Waals surface area contributed by atoms with E-state index in [0.29, 0.717) is 13.2 Å². The molecule has 0 bridgehead atoms. The van der Waals surface area contributed by atoms with Crippen LogP contribution in [0.1, 0.15) is 5.56 Å². The number of fused-ring (bicyclic) bond motifs is 1. The van der Waals surface area contributed by atoms with Crippen LogP contribution in [0.25, 0.3) is 10.8 Å². The first-order valence-corrected chi connectivity index (χ1v) is 7.11. The van der Waals surface area contributed by atoms with Crippen molar-refractivity contribution in [3.63, 3.8) is 0 Å². The van der Waals surface area contributed by atoms with Crippen molar-refractivity contribution in [3.8, 4) is 0 Å². The van der Waals surface area contributed by atoms with Crippen molar-refractivity contribution in [1.82, 2.24) is 4.98 Å². The van der Waals surface area contributed by atoms with Crippen molar-refractivity contribution >= 4 is 22.3 Å². The maximum atomic E-state index is 9.12. The van der Waals surface area contributed by atoms with Gasteiger partial charge in [-0.2, -0.15) is 0 Å². The predicted octanol–water partition coefficient (Wildman–Crippen LogP) is 2.03. The number of likely N-dealkylation sites (N-methyl/N-ethyl adjacent to an activating group) is 1. The van der Waals surface area contributed by atoms with Gasteiger partial charge in [0, 0.05) is 38.0 Å². The second kappa shape index (κ2) is 7.24. The quantitative estimate of drug-likeness (QED) is 0.764. The van der Waals surface area contributed by atoms with Crippen LogP contribution in [0.4, 0.5) is 11.5 Å². The summed E-state index contributed by atoms with van der Waals surface area (Å²) in [6.45, 7) is 4.15. The third kappa shape index (κ3) is 3.62. The summed E-state index contributed by atoms with van der Waals surface area (Å²) in [5.41, 5.74) is 2.21. The topological polar surface area (TPSA) is 57.6 Å². The van der Waals surface area contributed by atoms with Gasteiger partial charge >= 0.3 is 0 Å². The molecule has 0 aliphatic rings. The van der Waals surface area contributed by atoms with Crippen molar-refractivity contribution in [2.45, 2.75) is 6.92 Å². The number of methoxy groups -OCH3 is 1. The first-order chi connectivity index (χ1) is 10.2. The smallest absolute Gasteiger partial charge is 0.136 e. The third-order valence-corrected chi connectivity index (χ3v) is 3.44. The number of benzene rings is 1. The fraction of sp³-hybridized carbons (Fsp3) is 0.438. The molecule has 0 saturated heterocycles. The molecule has 0 unspecified atom stereocenters. The standard InChI is InChI=1S/C16H23N3O2/c1-12-4-5-13-14(10-12)15(17-6-9-21-3)11-18-16(13)19(2)7-8-20/h4-5,10-11,17,20H,6-9H2,1-3H3. The Morgan fingerprint density at radius 2 is 2.14 bits per heavy atom. The van der Waals surface area contributed by atoms with E-state index >= 15 is 0 Å². The monoisotopic (exact) mass is 289 g/mol. The highest BCUT2D eigenvalue weighted by atomic mass is 16.5. The molecule has 2 aromatic rings. The fourth-order valence-corrected chi connectivity index (χ4v) is 2.33. The maximum Gasteiger partial charge on any atom is 0.136 e. The molecule has 0 radical (unpaired) electrons. The van der Waals surface area contributed by atoms with Gasteiger partial charge in [-0.25, -0.2) is 4.98 Å². The number of nitrogens with zero attached hydrogens (tertiary/aromatic N) is 2. The van der Waals surface area contributed by atoms with Crippen LogP contribution in [0, 0.1) is 6.92 Å². The first kappa shape index (κ1) is 15.5. The highest BCUT2D eigenvalue weighted by Crippen LogP contribution is 2.30. The van der Waals surface area contributed by atoms with E-state index < -0.39 is 0 Å². The number of aromatic nitrogens is 1. The molecule has 0 saturated carbocycles. The molecular formula is C16H23N3O2. The summed E-state index contributed by atoms with van der Waals surface area (Å²) in [6.07, 6.45) is 1.85. The lowest BCUT2D eigenvalue weighted by molar-refractivity contribution is 0.211. The average molecular weight is 289 g/mol. The van der Waals surface area contributed by atoms with Gasteiger partial charge in [0.1, 0.15) is 5.82 Å². The second-order valence-electron chi connectivity index (χ2n) is 5.11. The van der Waals surface area contributed by atoms with Crippen LogP contribution in [-0.2, 0) is 4.74 Å². The van der Waals surface area contributed by atoms with Crippen molar-refractivity contribution < 1.29 is 9.84 Å². The summed E-state index contributed by atoms with van der Waals surface area (Å²) >= 11 is 0. The summed E-state index contributed by atoms with van der Waals surface area (Å²) in [7, 11) is 3.63. The van der Waals surface area contributed by atoms with E-state index in [0.717, 1.165) is 28.8 Å². The Hall–Kier alpha value is -1.85. The Bertz CT molecular complexity index is 601. The first-order valence-electron chi connectivity index (χ1n) is 7.11. The SMILES string of the molecule is COCCNc1cnc(N(C)CCO)c2ccc(C)cc12.